The van der Waals surface area contributed by atoms with Crippen molar-refractivity contribution in [3.05, 3.63) is 0 Å². The zero-order valence-corrected chi connectivity index (χ0v) is 11.8. The van der Waals surface area contributed by atoms with Gasteiger partial charge in [0.25, 0.3) is 0 Å². The lowest BCUT2D eigenvalue weighted by Gasteiger charge is -2.45. The molecule has 0 heterocycles. The summed E-state index contributed by atoms with van der Waals surface area (Å²) >= 11 is 0. The van der Waals surface area contributed by atoms with Gasteiger partial charge in [-0.3, -0.25) is 4.79 Å². The molecule has 0 radical (unpaired) electrons. The fourth-order valence-electron chi connectivity index (χ4n) is 4.49. The first-order valence-electron chi connectivity index (χ1n) is 7.26. The van der Waals surface area contributed by atoms with Crippen LogP contribution < -0.4 is 0 Å². The minimum absolute atomic E-state index is 0.116. The molecule has 0 aromatic heterocycles. The number of rotatable bonds is 3. The fourth-order valence-corrected chi connectivity index (χ4v) is 4.49. The third kappa shape index (κ3) is 2.42. The molecule has 0 unspecified atom stereocenters. The zero-order chi connectivity index (χ0) is 13.3. The number of hydrogen-bond acceptors (Lipinski definition) is 3. The van der Waals surface area contributed by atoms with Crippen molar-refractivity contribution in [3.8, 4) is 0 Å². The summed E-state index contributed by atoms with van der Waals surface area (Å²) in [6.07, 6.45) is 5.49. The van der Waals surface area contributed by atoms with Crippen LogP contribution in [-0.2, 0) is 9.53 Å². The highest BCUT2D eigenvalue weighted by Gasteiger charge is 2.52. The quantitative estimate of drug-likeness (QED) is 0.788. The molecule has 2 saturated carbocycles. The Morgan fingerprint density at radius 3 is 2.83 bits per heavy atom. The van der Waals surface area contributed by atoms with Gasteiger partial charge in [0, 0.05) is 6.92 Å². The van der Waals surface area contributed by atoms with Gasteiger partial charge in [0.15, 0.2) is 0 Å². The molecule has 0 spiro atoms. The van der Waals surface area contributed by atoms with Crippen molar-refractivity contribution >= 4 is 5.97 Å². The molecule has 5 atom stereocenters. The minimum Gasteiger partial charge on any atom is -0.466 e. The first kappa shape index (κ1) is 13.9. The van der Waals surface area contributed by atoms with E-state index in [1.54, 1.807) is 0 Å². The molecular weight excluding hydrogens is 228 g/mol. The fraction of sp³-hybridized carbons (Fsp3) is 0.933. The van der Waals surface area contributed by atoms with E-state index in [1.165, 1.54) is 19.8 Å². The summed E-state index contributed by atoms with van der Waals surface area (Å²) in [5.74, 6) is 1.24. The van der Waals surface area contributed by atoms with E-state index in [-0.39, 0.29) is 17.5 Å². The number of carbonyl (C=O) groups excluding carboxylic acids is 1. The van der Waals surface area contributed by atoms with Crippen molar-refractivity contribution in [2.75, 3.05) is 6.61 Å². The summed E-state index contributed by atoms with van der Waals surface area (Å²) in [4.78, 5) is 10.9. The summed E-state index contributed by atoms with van der Waals surface area (Å²) in [7, 11) is 0. The second-order valence-corrected chi connectivity index (χ2v) is 6.54. The molecular formula is C15H26O3. The van der Waals surface area contributed by atoms with Crippen LogP contribution in [0.4, 0.5) is 0 Å². The monoisotopic (exact) mass is 254 g/mol. The maximum Gasteiger partial charge on any atom is 0.302 e. The average molecular weight is 254 g/mol. The van der Waals surface area contributed by atoms with Gasteiger partial charge < -0.3 is 9.84 Å². The van der Waals surface area contributed by atoms with E-state index in [4.69, 9.17) is 4.74 Å². The molecule has 2 rings (SSSR count). The molecule has 104 valence electrons. The number of aliphatic hydroxyl groups excluding tert-OH is 1. The Kier molecular flexibility index (Phi) is 4.00. The second-order valence-electron chi connectivity index (χ2n) is 6.54. The molecule has 0 aromatic carbocycles. The van der Waals surface area contributed by atoms with E-state index < -0.39 is 0 Å². The Labute approximate surface area is 110 Å². The van der Waals surface area contributed by atoms with Crippen LogP contribution in [0.25, 0.3) is 0 Å². The molecule has 1 N–H and O–H groups in total. The van der Waals surface area contributed by atoms with Gasteiger partial charge in [0.1, 0.15) is 0 Å². The van der Waals surface area contributed by atoms with Gasteiger partial charge in [-0.15, -0.1) is 0 Å². The third-order valence-corrected chi connectivity index (χ3v) is 5.40. The van der Waals surface area contributed by atoms with Crippen molar-refractivity contribution in [2.45, 2.75) is 59.0 Å². The lowest BCUT2D eigenvalue weighted by atomic mass is 9.62. The van der Waals surface area contributed by atoms with Crippen molar-refractivity contribution in [3.63, 3.8) is 0 Å². The Bertz CT molecular complexity index is 315. The summed E-state index contributed by atoms with van der Waals surface area (Å²) in [5.41, 5.74) is 0.247. The van der Waals surface area contributed by atoms with Gasteiger partial charge in [0.05, 0.1) is 12.7 Å². The van der Waals surface area contributed by atoms with Crippen molar-refractivity contribution < 1.29 is 14.6 Å². The molecule has 2 aliphatic rings. The van der Waals surface area contributed by atoms with Gasteiger partial charge in [-0.25, -0.2) is 0 Å². The van der Waals surface area contributed by atoms with Crippen LogP contribution in [0.1, 0.15) is 52.9 Å². The van der Waals surface area contributed by atoms with Gasteiger partial charge in [0.2, 0.25) is 0 Å². The maximum atomic E-state index is 10.9. The topological polar surface area (TPSA) is 46.5 Å². The van der Waals surface area contributed by atoms with Gasteiger partial charge in [-0.05, 0) is 48.9 Å². The normalized spacial score (nSPS) is 41.2. The van der Waals surface area contributed by atoms with E-state index in [2.05, 4.69) is 13.8 Å². The van der Waals surface area contributed by atoms with Gasteiger partial charge in [-0.2, -0.15) is 0 Å². The predicted octanol–water partition coefficient (Wildman–Crippen LogP) is 2.76. The average Bonchev–Trinajstić information content (AvgIpc) is 2.64. The summed E-state index contributed by atoms with van der Waals surface area (Å²) in [6.45, 7) is 6.51. The van der Waals surface area contributed by atoms with Crippen molar-refractivity contribution in [1.29, 1.82) is 0 Å². The van der Waals surface area contributed by atoms with Crippen LogP contribution in [0.3, 0.4) is 0 Å². The van der Waals surface area contributed by atoms with E-state index in [9.17, 15) is 9.90 Å². The number of esters is 1. The highest BCUT2D eigenvalue weighted by molar-refractivity contribution is 5.65. The van der Waals surface area contributed by atoms with Crippen LogP contribution in [0.2, 0.25) is 0 Å². The number of carbonyl (C=O) groups is 1. The van der Waals surface area contributed by atoms with Crippen LogP contribution in [0.5, 0.6) is 0 Å². The number of aliphatic hydroxyl groups is 1. The lowest BCUT2D eigenvalue weighted by molar-refractivity contribution is -0.143. The SMILES string of the molecule is CC(=O)OC[C@@H](C)[C@H]1CC[C@H]2[C@@H](O)CCC[C@]12C. The summed E-state index contributed by atoms with van der Waals surface area (Å²) < 4.78 is 5.17. The number of ether oxygens (including phenoxy) is 1. The molecule has 3 nitrogen and oxygen atoms in total. The lowest BCUT2D eigenvalue weighted by Crippen LogP contribution is -2.42. The maximum absolute atomic E-state index is 10.9. The molecule has 0 aliphatic heterocycles. The van der Waals surface area contributed by atoms with Crippen LogP contribution >= 0.6 is 0 Å². The zero-order valence-electron chi connectivity index (χ0n) is 11.8. The van der Waals surface area contributed by atoms with Crippen molar-refractivity contribution in [2.24, 2.45) is 23.2 Å². The molecule has 0 amide bonds. The molecule has 2 aliphatic carbocycles. The minimum atomic E-state index is -0.190. The van der Waals surface area contributed by atoms with E-state index >= 15 is 0 Å². The smallest absolute Gasteiger partial charge is 0.302 e. The molecule has 0 aromatic rings. The molecule has 0 bridgehead atoms. The molecule has 3 heteroatoms. The Balaban J connectivity index is 2.03. The van der Waals surface area contributed by atoms with Crippen molar-refractivity contribution in [1.82, 2.24) is 0 Å². The second kappa shape index (κ2) is 5.20. The molecule has 18 heavy (non-hydrogen) atoms. The van der Waals surface area contributed by atoms with Crippen LogP contribution in [-0.4, -0.2) is 23.8 Å². The Hall–Kier alpha value is -0.570. The van der Waals surface area contributed by atoms with E-state index in [1.807, 2.05) is 0 Å². The summed E-state index contributed by atoms with van der Waals surface area (Å²) in [5, 5.41) is 10.2. The van der Waals surface area contributed by atoms with Crippen LogP contribution in [0, 0.1) is 23.2 Å². The third-order valence-electron chi connectivity index (χ3n) is 5.40. The predicted molar refractivity (Wildman–Crippen MR) is 70.0 cm³/mol. The van der Waals surface area contributed by atoms with E-state index in [0.29, 0.717) is 24.4 Å². The standard InChI is InChI=1S/C15H26O3/c1-10(9-18-11(2)16)12-6-7-13-14(17)5-4-8-15(12,13)3/h10,12-14,17H,4-9H2,1-3H3/t10-,12-,13+,14+,15-/m1/s1. The largest absolute Gasteiger partial charge is 0.466 e. The Morgan fingerprint density at radius 1 is 1.44 bits per heavy atom. The highest BCUT2D eigenvalue weighted by Crippen LogP contribution is 2.57. The molecule has 2 fully saturated rings. The first-order chi connectivity index (χ1) is 8.45. The molecule has 0 saturated heterocycles. The van der Waals surface area contributed by atoms with E-state index in [0.717, 1.165) is 19.3 Å². The highest BCUT2D eigenvalue weighted by atomic mass is 16.5. The number of fused-ring (bicyclic) bond motifs is 1. The number of hydrogen-bond donors (Lipinski definition) is 1. The Morgan fingerprint density at radius 2 is 2.17 bits per heavy atom. The van der Waals surface area contributed by atoms with Gasteiger partial charge >= 0.3 is 5.97 Å². The first-order valence-corrected chi connectivity index (χ1v) is 7.26. The van der Waals surface area contributed by atoms with Gasteiger partial charge in [-0.1, -0.05) is 20.3 Å². The van der Waals surface area contributed by atoms with Crippen LogP contribution in [0.15, 0.2) is 0 Å². The summed E-state index contributed by atoms with van der Waals surface area (Å²) in [6, 6.07) is 0.